The monoisotopic (exact) mass is 315 g/mol. The summed E-state index contributed by atoms with van der Waals surface area (Å²) in [5.41, 5.74) is 5.88. The average molecular weight is 315 g/mol. The lowest BCUT2D eigenvalue weighted by Crippen LogP contribution is -2.30. The summed E-state index contributed by atoms with van der Waals surface area (Å²) < 4.78 is 29.3. The van der Waals surface area contributed by atoms with Crippen LogP contribution in [0.4, 0.5) is 0 Å². The van der Waals surface area contributed by atoms with Crippen LogP contribution in [0.1, 0.15) is 12.5 Å². The number of benzene rings is 1. The molecule has 0 amide bonds. The highest BCUT2D eigenvalue weighted by Crippen LogP contribution is 2.12. The zero-order valence-corrected chi connectivity index (χ0v) is 12.9. The van der Waals surface area contributed by atoms with Crippen molar-refractivity contribution in [3.63, 3.8) is 0 Å². The third kappa shape index (κ3) is 5.33. The van der Waals surface area contributed by atoms with Gasteiger partial charge < -0.3 is 21.0 Å². The predicted molar refractivity (Wildman–Crippen MR) is 80.3 cm³/mol. The van der Waals surface area contributed by atoms with Crippen molar-refractivity contribution in [2.45, 2.75) is 17.9 Å². The zero-order valence-electron chi connectivity index (χ0n) is 12.1. The Balaban J connectivity index is 2.62. The largest absolute Gasteiger partial charge is 0.409 e. The van der Waals surface area contributed by atoms with E-state index in [1.54, 1.807) is 7.11 Å². The maximum absolute atomic E-state index is 12.1. The fraction of sp³-hybridized carbons (Fsp3) is 0.462. The number of hydrogen-bond donors (Lipinski definition) is 3. The van der Waals surface area contributed by atoms with Crippen LogP contribution in [0.2, 0.25) is 0 Å². The normalized spacial score (nSPS) is 14.1. The van der Waals surface area contributed by atoms with Gasteiger partial charge in [0.1, 0.15) is 0 Å². The second kappa shape index (κ2) is 7.96. The summed E-state index contributed by atoms with van der Waals surface area (Å²) in [7, 11) is -1.76. The van der Waals surface area contributed by atoms with Gasteiger partial charge in [-0.15, -0.1) is 0 Å². The lowest BCUT2D eigenvalue weighted by molar-refractivity contribution is 0.118. The Kier molecular flexibility index (Phi) is 6.60. The number of amidine groups is 1. The molecule has 0 heterocycles. The first-order valence-electron chi connectivity index (χ1n) is 6.45. The minimum atomic E-state index is -3.36. The number of sulfone groups is 1. The fourth-order valence-corrected chi connectivity index (χ4v) is 2.80. The van der Waals surface area contributed by atoms with Crippen LogP contribution in [-0.2, 0) is 14.6 Å². The second-order valence-electron chi connectivity index (χ2n) is 4.58. The fourth-order valence-electron chi connectivity index (χ4n) is 1.60. The van der Waals surface area contributed by atoms with Crippen LogP contribution in [0.15, 0.2) is 34.3 Å². The molecule has 118 valence electrons. The molecule has 0 saturated carbocycles. The standard InChI is InChI=1S/C13H21N3O4S/c1-10(20-2)9-15-7-8-21(18,19)12-5-3-11(4-6-12)13(14)16-17/h3-6,10,15,17H,7-9H2,1-2H3,(H2,14,16). The van der Waals surface area contributed by atoms with Gasteiger partial charge in [0.15, 0.2) is 15.7 Å². The maximum atomic E-state index is 12.1. The van der Waals surface area contributed by atoms with Crippen LogP contribution < -0.4 is 11.1 Å². The van der Waals surface area contributed by atoms with Crippen LogP contribution in [0, 0.1) is 0 Å². The van der Waals surface area contributed by atoms with Crippen molar-refractivity contribution >= 4 is 15.7 Å². The first-order chi connectivity index (χ1) is 9.90. The topological polar surface area (TPSA) is 114 Å². The number of rotatable bonds is 8. The molecule has 1 aromatic carbocycles. The smallest absolute Gasteiger partial charge is 0.179 e. The van der Waals surface area contributed by atoms with E-state index in [2.05, 4.69) is 10.5 Å². The number of nitrogens with two attached hydrogens (primary N) is 1. The number of ether oxygens (including phenoxy) is 1. The molecule has 0 aliphatic heterocycles. The Morgan fingerprint density at radius 1 is 1.43 bits per heavy atom. The van der Waals surface area contributed by atoms with Gasteiger partial charge in [-0.3, -0.25) is 0 Å². The second-order valence-corrected chi connectivity index (χ2v) is 6.69. The summed E-state index contributed by atoms with van der Waals surface area (Å²) >= 11 is 0. The summed E-state index contributed by atoms with van der Waals surface area (Å²) in [5.74, 6) is -0.0685. The molecule has 0 fully saturated rings. The average Bonchev–Trinajstić information content (AvgIpc) is 2.50. The van der Waals surface area contributed by atoms with Gasteiger partial charge in [0, 0.05) is 25.8 Å². The van der Waals surface area contributed by atoms with Gasteiger partial charge in [0.2, 0.25) is 0 Å². The number of methoxy groups -OCH3 is 1. The molecule has 1 unspecified atom stereocenters. The summed E-state index contributed by atoms with van der Waals surface area (Å²) in [4.78, 5) is 0.207. The first-order valence-corrected chi connectivity index (χ1v) is 8.10. The van der Waals surface area contributed by atoms with Crippen LogP contribution in [-0.4, -0.2) is 51.5 Å². The van der Waals surface area contributed by atoms with E-state index in [1.165, 1.54) is 24.3 Å². The van der Waals surface area contributed by atoms with Gasteiger partial charge in [-0.2, -0.15) is 0 Å². The summed E-state index contributed by atoms with van der Waals surface area (Å²) in [6, 6.07) is 5.89. The van der Waals surface area contributed by atoms with Crippen molar-refractivity contribution in [3.05, 3.63) is 29.8 Å². The molecule has 0 aliphatic rings. The van der Waals surface area contributed by atoms with Crippen molar-refractivity contribution in [1.82, 2.24) is 5.32 Å². The molecule has 8 heteroatoms. The lowest BCUT2D eigenvalue weighted by atomic mass is 10.2. The minimum absolute atomic E-state index is 0.00759. The molecule has 0 saturated heterocycles. The van der Waals surface area contributed by atoms with Gasteiger partial charge in [0.25, 0.3) is 0 Å². The molecule has 1 rings (SSSR count). The van der Waals surface area contributed by atoms with Gasteiger partial charge in [0.05, 0.1) is 16.8 Å². The number of hydrogen-bond acceptors (Lipinski definition) is 6. The van der Waals surface area contributed by atoms with Gasteiger partial charge >= 0.3 is 0 Å². The van der Waals surface area contributed by atoms with Crippen LogP contribution in [0.25, 0.3) is 0 Å². The molecule has 0 aromatic heterocycles. The van der Waals surface area contributed by atoms with Gasteiger partial charge in [-0.25, -0.2) is 8.42 Å². The third-order valence-electron chi connectivity index (χ3n) is 3.00. The van der Waals surface area contributed by atoms with E-state index in [9.17, 15) is 8.42 Å². The van der Waals surface area contributed by atoms with Gasteiger partial charge in [-0.1, -0.05) is 5.16 Å². The summed E-state index contributed by atoms with van der Waals surface area (Å²) in [6.07, 6.45) is 0.0349. The molecule has 0 spiro atoms. The molecule has 0 bridgehead atoms. The Labute approximate surface area is 124 Å². The SMILES string of the molecule is COC(C)CNCCS(=O)(=O)c1ccc(/C(N)=N/O)cc1. The Morgan fingerprint density at radius 3 is 2.57 bits per heavy atom. The molecular weight excluding hydrogens is 294 g/mol. The van der Waals surface area contributed by atoms with E-state index < -0.39 is 9.84 Å². The van der Waals surface area contributed by atoms with Crippen molar-refractivity contribution in [2.24, 2.45) is 10.9 Å². The minimum Gasteiger partial charge on any atom is -0.409 e. The maximum Gasteiger partial charge on any atom is 0.179 e. The number of nitrogens with one attached hydrogen (secondary N) is 1. The van der Waals surface area contributed by atoms with Crippen molar-refractivity contribution < 1.29 is 18.4 Å². The summed E-state index contributed by atoms with van der Waals surface area (Å²) in [5, 5.41) is 14.4. The molecular formula is C13H21N3O4S. The molecule has 4 N–H and O–H groups in total. The highest BCUT2D eigenvalue weighted by Gasteiger charge is 2.14. The Morgan fingerprint density at radius 2 is 2.05 bits per heavy atom. The Bertz CT molecular complexity index is 570. The van der Waals surface area contributed by atoms with E-state index in [1.807, 2.05) is 6.92 Å². The highest BCUT2D eigenvalue weighted by molar-refractivity contribution is 7.91. The zero-order chi connectivity index (χ0) is 15.9. The predicted octanol–water partition coefficient (Wildman–Crippen LogP) is 0.179. The van der Waals surface area contributed by atoms with Crippen LogP contribution in [0.3, 0.4) is 0 Å². The van der Waals surface area contributed by atoms with Crippen LogP contribution >= 0.6 is 0 Å². The van der Waals surface area contributed by atoms with E-state index in [0.717, 1.165) is 0 Å². The van der Waals surface area contributed by atoms with Gasteiger partial charge in [-0.05, 0) is 31.2 Å². The van der Waals surface area contributed by atoms with Crippen molar-refractivity contribution in [1.29, 1.82) is 0 Å². The van der Waals surface area contributed by atoms with E-state index in [0.29, 0.717) is 18.7 Å². The highest BCUT2D eigenvalue weighted by atomic mass is 32.2. The molecule has 0 radical (unpaired) electrons. The number of nitrogens with zero attached hydrogens (tertiary/aromatic N) is 1. The van der Waals surface area contributed by atoms with Crippen LogP contribution in [0.5, 0.6) is 0 Å². The van der Waals surface area contributed by atoms with E-state index in [-0.39, 0.29) is 22.6 Å². The number of oxime groups is 1. The van der Waals surface area contributed by atoms with Crippen molar-refractivity contribution in [2.75, 3.05) is 26.0 Å². The molecule has 21 heavy (non-hydrogen) atoms. The molecule has 7 nitrogen and oxygen atoms in total. The molecule has 0 aliphatic carbocycles. The van der Waals surface area contributed by atoms with E-state index >= 15 is 0 Å². The lowest BCUT2D eigenvalue weighted by Gasteiger charge is -2.11. The van der Waals surface area contributed by atoms with Crippen molar-refractivity contribution in [3.8, 4) is 0 Å². The molecule has 1 atom stereocenters. The summed E-state index contributed by atoms with van der Waals surface area (Å²) in [6.45, 7) is 2.83. The van der Waals surface area contributed by atoms with E-state index in [4.69, 9.17) is 15.7 Å². The third-order valence-corrected chi connectivity index (χ3v) is 4.73. The molecule has 1 aromatic rings. The Hall–Kier alpha value is -1.64. The quantitative estimate of drug-likeness (QED) is 0.207. The first kappa shape index (κ1) is 17.4.